The predicted octanol–water partition coefficient (Wildman–Crippen LogP) is -2.33. The van der Waals surface area contributed by atoms with Crippen molar-refractivity contribution in [2.75, 3.05) is 19.8 Å². The van der Waals surface area contributed by atoms with Crippen LogP contribution in [0.3, 0.4) is 0 Å². The molecule has 0 saturated carbocycles. The summed E-state index contributed by atoms with van der Waals surface area (Å²) in [5.41, 5.74) is 0. The van der Waals surface area contributed by atoms with Crippen molar-refractivity contribution in [2.45, 2.75) is 25.2 Å². The minimum atomic E-state index is -1.73. The highest BCUT2D eigenvalue weighted by molar-refractivity contribution is 5.84. The average Bonchev–Trinajstić information content (AvgIpc) is 2.22. The van der Waals surface area contributed by atoms with E-state index in [9.17, 15) is 4.79 Å². The van der Waals surface area contributed by atoms with Crippen LogP contribution in [0.1, 0.15) is 6.92 Å². The van der Waals surface area contributed by atoms with E-state index in [-0.39, 0.29) is 6.61 Å². The highest BCUT2D eigenvalue weighted by Crippen LogP contribution is 2.01. The molecular weight excluding hydrogens is 192 g/mol. The fourth-order valence-electron chi connectivity index (χ4n) is 0.797. The minimum Gasteiger partial charge on any atom is -0.394 e. The molecule has 4 N–H and O–H groups in total. The van der Waals surface area contributed by atoms with Crippen molar-refractivity contribution in [3.63, 3.8) is 0 Å². The first-order chi connectivity index (χ1) is 6.54. The quantitative estimate of drug-likeness (QED) is 0.374. The molecule has 0 unspecified atom stereocenters. The van der Waals surface area contributed by atoms with Crippen LogP contribution in [0.15, 0.2) is 0 Å². The van der Waals surface area contributed by atoms with Crippen molar-refractivity contribution < 1.29 is 30.0 Å². The second-order valence-electron chi connectivity index (χ2n) is 2.79. The lowest BCUT2D eigenvalue weighted by atomic mass is 10.1. The normalized spacial score (nSPS) is 17.5. The third kappa shape index (κ3) is 4.12. The monoisotopic (exact) mass is 208 g/mol. The molecule has 14 heavy (non-hydrogen) atoms. The maximum atomic E-state index is 11.0. The number of hydrogen-bond acceptors (Lipinski definition) is 6. The van der Waals surface area contributed by atoms with Crippen LogP contribution in [-0.4, -0.2) is 64.3 Å². The second kappa shape index (κ2) is 6.86. The lowest BCUT2D eigenvalue weighted by molar-refractivity contribution is -0.144. The molecule has 0 fully saturated rings. The molecule has 6 heteroatoms. The zero-order chi connectivity index (χ0) is 11.1. The van der Waals surface area contributed by atoms with Crippen LogP contribution in [0.5, 0.6) is 0 Å². The van der Waals surface area contributed by atoms with Gasteiger partial charge in [-0.2, -0.15) is 0 Å². The Hall–Kier alpha value is -0.530. The Balaban J connectivity index is 4.03. The van der Waals surface area contributed by atoms with Crippen molar-refractivity contribution in [3.8, 4) is 0 Å². The number of aliphatic hydroxyl groups excluding tert-OH is 4. The summed E-state index contributed by atoms with van der Waals surface area (Å²) in [4.78, 5) is 11.0. The van der Waals surface area contributed by atoms with Gasteiger partial charge in [-0.3, -0.25) is 4.79 Å². The van der Waals surface area contributed by atoms with E-state index in [2.05, 4.69) is 0 Å². The second-order valence-corrected chi connectivity index (χ2v) is 2.79. The maximum Gasteiger partial charge on any atom is 0.189 e. The van der Waals surface area contributed by atoms with Gasteiger partial charge in [0.15, 0.2) is 5.78 Å². The maximum absolute atomic E-state index is 11.0. The van der Waals surface area contributed by atoms with Gasteiger partial charge in [0, 0.05) is 6.61 Å². The Morgan fingerprint density at radius 1 is 1.36 bits per heavy atom. The first kappa shape index (κ1) is 13.5. The van der Waals surface area contributed by atoms with Crippen molar-refractivity contribution in [1.29, 1.82) is 0 Å². The van der Waals surface area contributed by atoms with Gasteiger partial charge in [-0.1, -0.05) is 0 Å². The molecule has 84 valence electrons. The molecular formula is C8H16O6. The standard InChI is InChI=1S/C8H16O6/c1-2-14-4-6(11)8(13)7(12)5(10)3-9/h5,7-10,12-13H,2-4H2,1H3/t5-,7-,8+/m1/s1. The summed E-state index contributed by atoms with van der Waals surface area (Å²) in [6, 6.07) is 0. The Morgan fingerprint density at radius 3 is 2.36 bits per heavy atom. The Kier molecular flexibility index (Phi) is 6.60. The molecule has 0 rings (SSSR count). The van der Waals surface area contributed by atoms with E-state index in [4.69, 9.17) is 25.2 Å². The van der Waals surface area contributed by atoms with Gasteiger partial charge in [-0.05, 0) is 6.92 Å². The van der Waals surface area contributed by atoms with Crippen LogP contribution in [0.25, 0.3) is 0 Å². The van der Waals surface area contributed by atoms with Crippen LogP contribution in [0, 0.1) is 0 Å². The van der Waals surface area contributed by atoms with E-state index < -0.39 is 30.7 Å². The Bertz CT molecular complexity index is 171. The van der Waals surface area contributed by atoms with Crippen LogP contribution < -0.4 is 0 Å². The molecule has 0 amide bonds. The van der Waals surface area contributed by atoms with E-state index in [1.54, 1.807) is 6.92 Å². The lowest BCUT2D eigenvalue weighted by Crippen LogP contribution is -2.45. The number of aliphatic hydroxyl groups is 4. The highest BCUT2D eigenvalue weighted by atomic mass is 16.5. The molecule has 0 aliphatic carbocycles. The van der Waals surface area contributed by atoms with Gasteiger partial charge in [0.1, 0.15) is 24.9 Å². The van der Waals surface area contributed by atoms with E-state index in [0.717, 1.165) is 0 Å². The lowest BCUT2D eigenvalue weighted by Gasteiger charge is -2.20. The molecule has 0 spiro atoms. The van der Waals surface area contributed by atoms with E-state index in [1.165, 1.54) is 0 Å². The summed E-state index contributed by atoms with van der Waals surface area (Å²) >= 11 is 0. The molecule has 0 aromatic rings. The first-order valence-electron chi connectivity index (χ1n) is 4.30. The Labute approximate surface area is 81.7 Å². The van der Waals surface area contributed by atoms with Crippen molar-refractivity contribution in [1.82, 2.24) is 0 Å². The first-order valence-corrected chi connectivity index (χ1v) is 4.30. The summed E-state index contributed by atoms with van der Waals surface area (Å²) in [6.45, 7) is 0.947. The molecule has 0 aromatic heterocycles. The molecule has 0 bridgehead atoms. The third-order valence-corrected chi connectivity index (χ3v) is 1.68. The van der Waals surface area contributed by atoms with Crippen LogP contribution in [0.4, 0.5) is 0 Å². The number of Topliss-reactive ketones (excluding diaryl/α,β-unsaturated/α-hetero) is 1. The summed E-state index contributed by atoms with van der Waals surface area (Å²) in [6.07, 6.45) is -4.95. The number of ketones is 1. The van der Waals surface area contributed by atoms with Gasteiger partial charge in [0.25, 0.3) is 0 Å². The topological polar surface area (TPSA) is 107 Å². The molecule has 0 aromatic carbocycles. The number of rotatable bonds is 7. The summed E-state index contributed by atoms with van der Waals surface area (Å²) in [5.74, 6) is -0.730. The zero-order valence-corrected chi connectivity index (χ0v) is 7.96. The number of hydrogen-bond donors (Lipinski definition) is 4. The molecule has 0 radical (unpaired) electrons. The predicted molar refractivity (Wildman–Crippen MR) is 46.6 cm³/mol. The number of ether oxygens (including phenoxy) is 1. The summed E-state index contributed by atoms with van der Waals surface area (Å²) in [5, 5.41) is 35.6. The molecule has 0 aliphatic heterocycles. The van der Waals surface area contributed by atoms with E-state index >= 15 is 0 Å². The summed E-state index contributed by atoms with van der Waals surface area (Å²) in [7, 11) is 0. The molecule has 3 atom stereocenters. The fourth-order valence-corrected chi connectivity index (χ4v) is 0.797. The van der Waals surface area contributed by atoms with Gasteiger partial charge in [-0.15, -0.1) is 0 Å². The van der Waals surface area contributed by atoms with Gasteiger partial charge in [0.2, 0.25) is 0 Å². The van der Waals surface area contributed by atoms with Crippen molar-refractivity contribution >= 4 is 5.78 Å². The summed E-state index contributed by atoms with van der Waals surface area (Å²) < 4.78 is 4.72. The van der Waals surface area contributed by atoms with Crippen LogP contribution >= 0.6 is 0 Å². The van der Waals surface area contributed by atoms with Crippen molar-refractivity contribution in [2.24, 2.45) is 0 Å². The third-order valence-electron chi connectivity index (χ3n) is 1.68. The van der Waals surface area contributed by atoms with Crippen LogP contribution in [0.2, 0.25) is 0 Å². The van der Waals surface area contributed by atoms with Crippen LogP contribution in [-0.2, 0) is 9.53 Å². The SMILES string of the molecule is CCOCC(=O)[C@H](O)[C@H](O)[C@H](O)CO. The minimum absolute atomic E-state index is 0.317. The largest absolute Gasteiger partial charge is 0.394 e. The van der Waals surface area contributed by atoms with E-state index in [1.807, 2.05) is 0 Å². The van der Waals surface area contributed by atoms with Gasteiger partial charge >= 0.3 is 0 Å². The molecule has 6 nitrogen and oxygen atoms in total. The fraction of sp³-hybridized carbons (Fsp3) is 0.875. The molecule has 0 saturated heterocycles. The van der Waals surface area contributed by atoms with Gasteiger partial charge in [-0.25, -0.2) is 0 Å². The van der Waals surface area contributed by atoms with Gasteiger partial charge < -0.3 is 25.2 Å². The Morgan fingerprint density at radius 2 is 1.93 bits per heavy atom. The van der Waals surface area contributed by atoms with E-state index in [0.29, 0.717) is 6.61 Å². The van der Waals surface area contributed by atoms with Crippen molar-refractivity contribution in [3.05, 3.63) is 0 Å². The van der Waals surface area contributed by atoms with Gasteiger partial charge in [0.05, 0.1) is 6.61 Å². The smallest absolute Gasteiger partial charge is 0.189 e. The zero-order valence-electron chi connectivity index (χ0n) is 7.96. The number of carbonyl (C=O) groups excluding carboxylic acids is 1. The molecule has 0 heterocycles. The average molecular weight is 208 g/mol. The highest BCUT2D eigenvalue weighted by Gasteiger charge is 2.29. The molecule has 0 aliphatic rings. The number of carbonyl (C=O) groups is 1.